The van der Waals surface area contributed by atoms with Crippen molar-refractivity contribution in [1.82, 2.24) is 4.98 Å². The zero-order chi connectivity index (χ0) is 22.8. The van der Waals surface area contributed by atoms with Crippen molar-refractivity contribution in [3.63, 3.8) is 0 Å². The molecule has 0 saturated heterocycles. The largest absolute Gasteiger partial charge is 0.449 e. The van der Waals surface area contributed by atoms with Crippen molar-refractivity contribution in [3.05, 3.63) is 65.0 Å². The Kier molecular flexibility index (Phi) is 6.46. The number of carbonyl (C=O) groups excluding carboxylic acids is 2. The van der Waals surface area contributed by atoms with Crippen LogP contribution in [0.3, 0.4) is 0 Å². The molecule has 3 aromatic rings. The molecule has 1 amide bonds. The van der Waals surface area contributed by atoms with Crippen LogP contribution >= 0.6 is 11.3 Å². The fraction of sp³-hybridized carbons (Fsp3) is 0.150. The summed E-state index contributed by atoms with van der Waals surface area (Å²) in [6.45, 7) is 1.36. The number of thiazole rings is 1. The summed E-state index contributed by atoms with van der Waals surface area (Å²) < 4.78 is 54.5. The van der Waals surface area contributed by atoms with Crippen LogP contribution in [0.4, 0.5) is 13.9 Å². The van der Waals surface area contributed by atoms with Crippen LogP contribution in [0.25, 0.3) is 11.3 Å². The lowest BCUT2D eigenvalue weighted by Gasteiger charge is -2.12. The topological polar surface area (TPSA) is 102 Å². The van der Waals surface area contributed by atoms with E-state index >= 15 is 0 Å². The fourth-order valence-electron chi connectivity index (χ4n) is 2.45. The molecule has 1 aromatic heterocycles. The van der Waals surface area contributed by atoms with E-state index < -0.39 is 39.5 Å². The van der Waals surface area contributed by atoms with Crippen LogP contribution in [0.2, 0.25) is 0 Å². The Balaban J connectivity index is 1.62. The van der Waals surface area contributed by atoms with E-state index in [0.717, 1.165) is 29.7 Å². The number of rotatable bonds is 6. The van der Waals surface area contributed by atoms with E-state index in [4.69, 9.17) is 4.74 Å². The minimum absolute atomic E-state index is 0.0513. The summed E-state index contributed by atoms with van der Waals surface area (Å²) in [4.78, 5) is 28.7. The van der Waals surface area contributed by atoms with Crippen LogP contribution in [-0.2, 0) is 19.4 Å². The van der Waals surface area contributed by atoms with Crippen molar-refractivity contribution in [2.45, 2.75) is 17.9 Å². The number of esters is 1. The van der Waals surface area contributed by atoms with Crippen molar-refractivity contribution in [1.29, 1.82) is 0 Å². The van der Waals surface area contributed by atoms with E-state index in [0.29, 0.717) is 11.3 Å². The summed E-state index contributed by atoms with van der Waals surface area (Å²) in [7, 11) is -3.40. The summed E-state index contributed by atoms with van der Waals surface area (Å²) in [5.74, 6) is -3.44. The van der Waals surface area contributed by atoms with Crippen LogP contribution in [0.1, 0.15) is 17.3 Å². The van der Waals surface area contributed by atoms with Crippen LogP contribution in [0, 0.1) is 11.6 Å². The van der Waals surface area contributed by atoms with Crippen LogP contribution < -0.4 is 5.32 Å². The van der Waals surface area contributed by atoms with Crippen molar-refractivity contribution in [2.75, 3.05) is 11.6 Å². The number of benzene rings is 2. The summed E-state index contributed by atoms with van der Waals surface area (Å²) in [6, 6.07) is 8.45. The van der Waals surface area contributed by atoms with Gasteiger partial charge >= 0.3 is 5.97 Å². The third-order valence-electron chi connectivity index (χ3n) is 4.12. The number of hydrogen-bond acceptors (Lipinski definition) is 7. The number of nitrogens with zero attached hydrogens (tertiary/aromatic N) is 1. The molecule has 1 N–H and O–H groups in total. The molecule has 0 radical (unpaired) electrons. The average Bonchev–Trinajstić information content (AvgIpc) is 3.17. The number of aromatic nitrogens is 1. The second-order valence-electron chi connectivity index (χ2n) is 6.50. The van der Waals surface area contributed by atoms with E-state index in [-0.39, 0.29) is 15.6 Å². The highest BCUT2D eigenvalue weighted by Crippen LogP contribution is 2.26. The molecule has 0 bridgehead atoms. The molecule has 0 aliphatic rings. The number of anilines is 1. The van der Waals surface area contributed by atoms with Crippen LogP contribution in [0.15, 0.2) is 52.7 Å². The summed E-state index contributed by atoms with van der Waals surface area (Å²) in [5.41, 5.74) is 0.768. The van der Waals surface area contributed by atoms with E-state index in [1.165, 1.54) is 37.3 Å². The first-order chi connectivity index (χ1) is 14.5. The molecule has 31 heavy (non-hydrogen) atoms. The van der Waals surface area contributed by atoms with Crippen LogP contribution in [-0.4, -0.2) is 37.6 Å². The van der Waals surface area contributed by atoms with Gasteiger partial charge in [-0.05, 0) is 49.4 Å². The van der Waals surface area contributed by atoms with Crippen molar-refractivity contribution in [3.8, 4) is 11.3 Å². The van der Waals surface area contributed by atoms with Gasteiger partial charge in [-0.2, -0.15) is 0 Å². The van der Waals surface area contributed by atoms with Crippen molar-refractivity contribution < 1.29 is 31.5 Å². The van der Waals surface area contributed by atoms with Gasteiger partial charge in [-0.15, -0.1) is 11.3 Å². The maximum Gasteiger partial charge on any atom is 0.338 e. The molecule has 0 spiro atoms. The van der Waals surface area contributed by atoms with Crippen molar-refractivity contribution in [2.24, 2.45) is 0 Å². The Hall–Kier alpha value is -3.18. The predicted molar refractivity (Wildman–Crippen MR) is 111 cm³/mol. The van der Waals surface area contributed by atoms with Crippen molar-refractivity contribution >= 4 is 38.2 Å². The highest BCUT2D eigenvalue weighted by atomic mass is 32.2. The monoisotopic (exact) mass is 466 g/mol. The molecule has 1 atom stereocenters. The molecule has 1 heterocycles. The first-order valence-electron chi connectivity index (χ1n) is 8.77. The van der Waals surface area contributed by atoms with E-state index in [2.05, 4.69) is 10.3 Å². The molecule has 0 saturated carbocycles. The Bertz CT molecular complexity index is 1240. The Morgan fingerprint density at radius 3 is 2.39 bits per heavy atom. The van der Waals surface area contributed by atoms with Gasteiger partial charge in [-0.25, -0.2) is 27.0 Å². The van der Waals surface area contributed by atoms with E-state index in [1.807, 2.05) is 0 Å². The zero-order valence-electron chi connectivity index (χ0n) is 16.3. The van der Waals surface area contributed by atoms with Gasteiger partial charge in [0.15, 0.2) is 32.7 Å². The standard InChI is InChI=1S/C20H16F2N2O5S2/c1-11(29-19(26)12-3-6-14(7-4-12)31(2,27)28)18(25)24-20-23-17(10-30-20)13-5-8-15(21)16(22)9-13/h3-11H,1-2H3,(H,23,24,25)/t11-/m1/s1. The number of nitrogens with one attached hydrogen (secondary N) is 1. The zero-order valence-corrected chi connectivity index (χ0v) is 17.9. The first kappa shape index (κ1) is 22.5. The lowest BCUT2D eigenvalue weighted by molar-refractivity contribution is -0.123. The number of amides is 1. The molecule has 11 heteroatoms. The van der Waals surface area contributed by atoms with Gasteiger partial charge in [0, 0.05) is 17.2 Å². The first-order valence-corrected chi connectivity index (χ1v) is 11.5. The van der Waals surface area contributed by atoms with Gasteiger partial charge in [-0.3, -0.25) is 10.1 Å². The number of carbonyl (C=O) groups is 2. The molecule has 0 unspecified atom stereocenters. The Morgan fingerprint density at radius 1 is 1.10 bits per heavy atom. The van der Waals surface area contributed by atoms with Gasteiger partial charge < -0.3 is 4.74 Å². The quantitative estimate of drug-likeness (QED) is 0.556. The fourth-order valence-corrected chi connectivity index (χ4v) is 3.80. The van der Waals surface area contributed by atoms with E-state index in [1.54, 1.807) is 5.38 Å². The minimum Gasteiger partial charge on any atom is -0.449 e. The average molecular weight is 466 g/mol. The second kappa shape index (κ2) is 8.90. The molecule has 0 aliphatic carbocycles. The lowest BCUT2D eigenvalue weighted by atomic mass is 10.2. The van der Waals surface area contributed by atoms with Gasteiger partial charge in [0.2, 0.25) is 0 Å². The summed E-state index contributed by atoms with van der Waals surface area (Å²) in [5, 5.41) is 4.23. The SMILES string of the molecule is C[C@@H](OC(=O)c1ccc(S(C)(=O)=O)cc1)C(=O)Nc1nc(-c2ccc(F)c(F)c2)cs1. The number of sulfone groups is 1. The highest BCUT2D eigenvalue weighted by molar-refractivity contribution is 7.90. The molecule has 0 fully saturated rings. The number of halogens is 2. The summed E-state index contributed by atoms with van der Waals surface area (Å²) in [6.07, 6.45) is -0.124. The van der Waals surface area contributed by atoms with Gasteiger partial charge in [0.25, 0.3) is 5.91 Å². The molecule has 0 aliphatic heterocycles. The number of hydrogen-bond donors (Lipinski definition) is 1. The molecular weight excluding hydrogens is 450 g/mol. The maximum absolute atomic E-state index is 13.4. The lowest BCUT2D eigenvalue weighted by Crippen LogP contribution is -2.30. The van der Waals surface area contributed by atoms with Gasteiger partial charge in [0.05, 0.1) is 16.2 Å². The smallest absolute Gasteiger partial charge is 0.338 e. The molecule has 7 nitrogen and oxygen atoms in total. The Labute approximate surface area is 180 Å². The molecular formula is C20H16F2N2O5S2. The molecule has 162 valence electrons. The van der Waals surface area contributed by atoms with Crippen LogP contribution in [0.5, 0.6) is 0 Å². The van der Waals surface area contributed by atoms with Gasteiger partial charge in [-0.1, -0.05) is 0 Å². The highest BCUT2D eigenvalue weighted by Gasteiger charge is 2.21. The predicted octanol–water partition coefficient (Wildman–Crippen LogP) is 3.68. The van der Waals surface area contributed by atoms with Gasteiger partial charge in [0.1, 0.15) is 0 Å². The third kappa shape index (κ3) is 5.50. The minimum atomic E-state index is -3.40. The molecule has 3 rings (SSSR count). The van der Waals surface area contributed by atoms with E-state index in [9.17, 15) is 26.8 Å². The third-order valence-corrected chi connectivity index (χ3v) is 6.01. The summed E-state index contributed by atoms with van der Waals surface area (Å²) >= 11 is 1.06. The second-order valence-corrected chi connectivity index (χ2v) is 9.37. The number of ether oxygens (including phenoxy) is 1. The maximum atomic E-state index is 13.4. The Morgan fingerprint density at radius 2 is 1.77 bits per heavy atom. The molecule has 2 aromatic carbocycles. The normalized spacial score (nSPS) is 12.3.